The molecule has 0 aliphatic heterocycles. The van der Waals surface area contributed by atoms with E-state index in [1.807, 2.05) is 24.3 Å². The molecule has 0 aliphatic carbocycles. The summed E-state index contributed by atoms with van der Waals surface area (Å²) in [6.45, 7) is -0.131. The first-order valence-electron chi connectivity index (χ1n) is 6.83. The number of rotatable bonds is 4. The molecule has 23 heavy (non-hydrogen) atoms. The van der Waals surface area contributed by atoms with Crippen LogP contribution in [0.15, 0.2) is 63.8 Å². The summed E-state index contributed by atoms with van der Waals surface area (Å²) in [6, 6.07) is 15.6. The molecule has 5 nitrogen and oxygen atoms in total. The molecule has 3 aromatic rings. The highest BCUT2D eigenvalue weighted by Gasteiger charge is 2.07. The largest absolute Gasteiger partial charge is 0.484 e. The minimum absolute atomic E-state index is 0.131. The van der Waals surface area contributed by atoms with Gasteiger partial charge in [0.1, 0.15) is 11.3 Å². The number of benzene rings is 2. The molecule has 0 unspecified atom stereocenters. The van der Waals surface area contributed by atoms with Crippen molar-refractivity contribution in [3.8, 4) is 5.75 Å². The minimum Gasteiger partial charge on any atom is -0.484 e. The van der Waals surface area contributed by atoms with Gasteiger partial charge in [-0.15, -0.1) is 0 Å². The van der Waals surface area contributed by atoms with E-state index in [1.165, 1.54) is 6.07 Å². The van der Waals surface area contributed by atoms with Crippen LogP contribution < -0.4 is 15.7 Å². The first-order valence-corrected chi connectivity index (χ1v) is 7.91. The summed E-state index contributed by atoms with van der Waals surface area (Å²) < 4.78 is 11.5. The summed E-state index contributed by atoms with van der Waals surface area (Å²) in [5, 5.41) is 3.57. The quantitative estimate of drug-likeness (QED) is 0.518. The van der Waals surface area contributed by atoms with Gasteiger partial charge in [0.2, 0.25) is 0 Å². The van der Waals surface area contributed by atoms with Gasteiger partial charge in [-0.25, -0.2) is 4.79 Å². The lowest BCUT2D eigenvalue weighted by atomic mass is 10.2. The fourth-order valence-corrected chi connectivity index (χ4v) is 2.55. The molecule has 1 heterocycles. The molecule has 0 fully saturated rings. The Morgan fingerprint density at radius 1 is 1.13 bits per heavy atom. The highest BCUT2D eigenvalue weighted by molar-refractivity contribution is 14.1. The van der Waals surface area contributed by atoms with Crippen molar-refractivity contribution in [3.05, 3.63) is 68.6 Å². The number of carbonyl (C=O) groups excluding carboxylic acids is 1. The fourth-order valence-electron chi connectivity index (χ4n) is 2.03. The molecule has 0 spiro atoms. The average Bonchev–Trinajstić information content (AvgIpc) is 2.54. The van der Waals surface area contributed by atoms with Crippen molar-refractivity contribution in [2.45, 2.75) is 0 Å². The molecule has 0 bridgehead atoms. The van der Waals surface area contributed by atoms with E-state index in [4.69, 9.17) is 9.15 Å². The molecule has 0 atom stereocenters. The van der Waals surface area contributed by atoms with Crippen molar-refractivity contribution >= 4 is 45.2 Å². The molecule has 1 N–H and O–H groups in total. The van der Waals surface area contributed by atoms with Crippen LogP contribution in [0.3, 0.4) is 0 Å². The number of anilines is 1. The van der Waals surface area contributed by atoms with Crippen molar-refractivity contribution in [2.24, 2.45) is 0 Å². The van der Waals surface area contributed by atoms with E-state index in [-0.39, 0.29) is 12.5 Å². The Morgan fingerprint density at radius 2 is 1.91 bits per heavy atom. The van der Waals surface area contributed by atoms with Gasteiger partial charge in [-0.2, -0.15) is 0 Å². The first kappa shape index (κ1) is 15.5. The molecule has 0 aliphatic rings. The highest BCUT2D eigenvalue weighted by atomic mass is 127. The zero-order valence-corrected chi connectivity index (χ0v) is 14.1. The number of halogens is 1. The molecule has 1 aromatic heterocycles. The predicted molar refractivity (Wildman–Crippen MR) is 95.8 cm³/mol. The van der Waals surface area contributed by atoms with Crippen LogP contribution in [0.5, 0.6) is 5.75 Å². The lowest BCUT2D eigenvalue weighted by molar-refractivity contribution is -0.118. The zero-order valence-electron chi connectivity index (χ0n) is 11.9. The van der Waals surface area contributed by atoms with Crippen LogP contribution in [0, 0.1) is 3.57 Å². The van der Waals surface area contributed by atoms with Gasteiger partial charge in [0.05, 0.1) is 5.69 Å². The number of carbonyl (C=O) groups is 1. The van der Waals surface area contributed by atoms with E-state index >= 15 is 0 Å². The van der Waals surface area contributed by atoms with E-state index in [1.54, 1.807) is 24.3 Å². The van der Waals surface area contributed by atoms with Gasteiger partial charge in [0.25, 0.3) is 5.91 Å². The lowest BCUT2D eigenvalue weighted by Crippen LogP contribution is -2.20. The van der Waals surface area contributed by atoms with Crippen LogP contribution in [-0.4, -0.2) is 12.5 Å². The summed E-state index contributed by atoms with van der Waals surface area (Å²) >= 11 is 2.15. The molecule has 3 rings (SSSR count). The summed E-state index contributed by atoms with van der Waals surface area (Å²) in [5.41, 5.74) is 0.741. The molecular weight excluding hydrogens is 409 g/mol. The van der Waals surface area contributed by atoms with Crippen molar-refractivity contribution in [1.82, 2.24) is 0 Å². The number of hydrogen-bond donors (Lipinski definition) is 1. The van der Waals surface area contributed by atoms with Gasteiger partial charge in [0, 0.05) is 21.1 Å². The van der Waals surface area contributed by atoms with E-state index in [0.717, 1.165) is 14.6 Å². The van der Waals surface area contributed by atoms with Crippen LogP contribution in [0.25, 0.3) is 11.0 Å². The second-order valence-corrected chi connectivity index (χ2v) is 5.93. The Labute approximate surface area is 145 Å². The molecule has 116 valence electrons. The summed E-state index contributed by atoms with van der Waals surface area (Å²) in [5.74, 6) is 0.202. The number of ether oxygens (including phenoxy) is 1. The predicted octanol–water partition coefficient (Wildman–Crippen LogP) is 3.42. The van der Waals surface area contributed by atoms with Crippen molar-refractivity contribution in [2.75, 3.05) is 11.9 Å². The fraction of sp³-hybridized carbons (Fsp3) is 0.0588. The Kier molecular flexibility index (Phi) is 4.61. The second kappa shape index (κ2) is 6.82. The van der Waals surface area contributed by atoms with Crippen molar-refractivity contribution in [1.29, 1.82) is 0 Å². The van der Waals surface area contributed by atoms with Crippen molar-refractivity contribution < 1.29 is 13.9 Å². The normalized spacial score (nSPS) is 10.5. The van der Waals surface area contributed by atoms with Crippen LogP contribution >= 0.6 is 22.6 Å². The first-order chi connectivity index (χ1) is 11.1. The maximum Gasteiger partial charge on any atom is 0.336 e. The van der Waals surface area contributed by atoms with Crippen LogP contribution in [0.4, 0.5) is 5.69 Å². The zero-order chi connectivity index (χ0) is 16.2. The van der Waals surface area contributed by atoms with Gasteiger partial charge >= 0.3 is 5.63 Å². The molecule has 2 aromatic carbocycles. The third-order valence-corrected chi connectivity index (χ3v) is 4.05. The monoisotopic (exact) mass is 421 g/mol. The molecular formula is C17H12INO4. The van der Waals surface area contributed by atoms with E-state index in [2.05, 4.69) is 27.9 Å². The minimum atomic E-state index is -0.425. The van der Waals surface area contributed by atoms with E-state index in [9.17, 15) is 9.59 Å². The Balaban J connectivity index is 1.67. The summed E-state index contributed by atoms with van der Waals surface area (Å²) in [4.78, 5) is 23.2. The second-order valence-electron chi connectivity index (χ2n) is 4.77. The molecule has 0 saturated carbocycles. The Hall–Kier alpha value is -2.35. The van der Waals surface area contributed by atoms with Crippen LogP contribution in [-0.2, 0) is 4.79 Å². The SMILES string of the molecule is O=C(COc1ccc2ccc(=O)oc2c1)Nc1ccccc1I. The van der Waals surface area contributed by atoms with Gasteiger partial charge in [0.15, 0.2) is 6.61 Å². The molecule has 0 saturated heterocycles. The third kappa shape index (κ3) is 3.89. The topological polar surface area (TPSA) is 68.5 Å². The highest BCUT2D eigenvalue weighted by Crippen LogP contribution is 2.20. The average molecular weight is 421 g/mol. The number of nitrogens with one attached hydrogen (secondary N) is 1. The number of amides is 1. The Morgan fingerprint density at radius 3 is 2.74 bits per heavy atom. The number of hydrogen-bond acceptors (Lipinski definition) is 4. The van der Waals surface area contributed by atoms with Gasteiger partial charge in [-0.3, -0.25) is 4.79 Å². The number of fused-ring (bicyclic) bond motifs is 1. The standard InChI is InChI=1S/C17H12INO4/c18-13-3-1-2-4-14(13)19-16(20)10-22-12-7-5-11-6-8-17(21)23-15(11)9-12/h1-9H,10H2,(H,19,20). The maximum absolute atomic E-state index is 11.9. The maximum atomic E-state index is 11.9. The van der Waals surface area contributed by atoms with Gasteiger partial charge in [-0.1, -0.05) is 12.1 Å². The summed E-state index contributed by atoms with van der Waals surface area (Å²) in [7, 11) is 0. The molecule has 6 heteroatoms. The summed E-state index contributed by atoms with van der Waals surface area (Å²) in [6.07, 6.45) is 0. The lowest BCUT2D eigenvalue weighted by Gasteiger charge is -2.09. The number of para-hydroxylation sites is 1. The smallest absolute Gasteiger partial charge is 0.336 e. The van der Waals surface area contributed by atoms with Crippen LogP contribution in [0.2, 0.25) is 0 Å². The Bertz CT molecular complexity index is 920. The van der Waals surface area contributed by atoms with Crippen molar-refractivity contribution in [3.63, 3.8) is 0 Å². The third-order valence-electron chi connectivity index (χ3n) is 3.11. The molecule has 0 radical (unpaired) electrons. The molecule has 1 amide bonds. The van der Waals surface area contributed by atoms with Gasteiger partial charge in [-0.05, 0) is 52.9 Å². The van der Waals surface area contributed by atoms with Crippen LogP contribution in [0.1, 0.15) is 0 Å². The van der Waals surface area contributed by atoms with E-state index in [0.29, 0.717) is 11.3 Å². The van der Waals surface area contributed by atoms with Gasteiger partial charge < -0.3 is 14.5 Å². The van der Waals surface area contributed by atoms with E-state index < -0.39 is 5.63 Å².